The van der Waals surface area contributed by atoms with E-state index in [0.29, 0.717) is 17.7 Å². The van der Waals surface area contributed by atoms with Gasteiger partial charge in [0.15, 0.2) is 0 Å². The summed E-state index contributed by atoms with van der Waals surface area (Å²) in [4.78, 5) is 54.2. The van der Waals surface area contributed by atoms with Gasteiger partial charge in [-0.05, 0) is 75.6 Å². The molecule has 216 valence electrons. The number of aryl methyl sites for hydroxylation is 2. The Morgan fingerprint density at radius 1 is 1.07 bits per heavy atom. The minimum Gasteiger partial charge on any atom is -0.444 e. The lowest BCUT2D eigenvalue weighted by Crippen LogP contribution is -2.53. The first-order valence-electron chi connectivity index (χ1n) is 13.9. The van der Waals surface area contributed by atoms with E-state index in [4.69, 9.17) is 10.5 Å². The average Bonchev–Trinajstić information content (AvgIpc) is 3.60. The van der Waals surface area contributed by atoms with E-state index < -0.39 is 35.6 Å². The summed E-state index contributed by atoms with van der Waals surface area (Å²) < 4.78 is 5.40. The van der Waals surface area contributed by atoms with Crippen LogP contribution in [0, 0.1) is 12.8 Å². The number of primary amides is 1. The zero-order chi connectivity index (χ0) is 29.6. The molecular weight excluding hydrogens is 508 g/mol. The Morgan fingerprint density at radius 2 is 1.70 bits per heavy atom. The number of carbonyl (C=O) groups excluding carboxylic acids is 4. The van der Waals surface area contributed by atoms with Crippen molar-refractivity contribution in [2.75, 3.05) is 5.32 Å². The monoisotopic (exact) mass is 550 g/mol. The molecule has 0 saturated heterocycles. The fourth-order valence-corrected chi connectivity index (χ4v) is 4.63. The highest BCUT2D eigenvalue weighted by Crippen LogP contribution is 2.41. The smallest absolute Gasteiger partial charge is 0.408 e. The normalized spacial score (nSPS) is 17.8. The number of ether oxygens (including phenoxy) is 1. The second kappa shape index (κ2) is 13.0. The van der Waals surface area contributed by atoms with Gasteiger partial charge in [-0.25, -0.2) is 4.79 Å². The number of nitrogens with two attached hydrogens (primary N) is 1. The minimum atomic E-state index is -1.11. The van der Waals surface area contributed by atoms with Gasteiger partial charge >= 0.3 is 6.09 Å². The van der Waals surface area contributed by atoms with Crippen molar-refractivity contribution in [1.29, 1.82) is 0 Å². The number of rotatable bonds is 11. The van der Waals surface area contributed by atoms with Crippen LogP contribution in [0.4, 0.5) is 10.5 Å². The molecule has 0 spiro atoms. The molecule has 4 atom stereocenters. The molecule has 9 heteroatoms. The fraction of sp³-hybridized carbons (Fsp3) is 0.484. The Kier molecular flexibility index (Phi) is 9.95. The summed E-state index contributed by atoms with van der Waals surface area (Å²) in [6.07, 6.45) is 0.615. The zero-order valence-electron chi connectivity index (χ0n) is 24.3. The number of nitrogens with zero attached hydrogens (tertiary/aromatic N) is 1. The van der Waals surface area contributed by atoms with Crippen molar-refractivity contribution in [1.82, 2.24) is 10.2 Å². The van der Waals surface area contributed by atoms with Gasteiger partial charge in [0, 0.05) is 18.2 Å². The molecule has 0 aliphatic heterocycles. The molecule has 1 aliphatic rings. The van der Waals surface area contributed by atoms with Crippen LogP contribution in [0.2, 0.25) is 0 Å². The van der Waals surface area contributed by atoms with Crippen LogP contribution in [0.15, 0.2) is 48.5 Å². The molecule has 1 saturated carbocycles. The van der Waals surface area contributed by atoms with Crippen molar-refractivity contribution in [2.45, 2.75) is 91.0 Å². The highest BCUT2D eigenvalue weighted by molar-refractivity contribution is 5.99. The van der Waals surface area contributed by atoms with Crippen LogP contribution in [0.3, 0.4) is 0 Å². The Bertz CT molecular complexity index is 1220. The molecule has 40 heavy (non-hydrogen) atoms. The van der Waals surface area contributed by atoms with E-state index >= 15 is 0 Å². The zero-order valence-corrected chi connectivity index (χ0v) is 24.3. The predicted octanol–water partition coefficient (Wildman–Crippen LogP) is 4.63. The summed E-state index contributed by atoms with van der Waals surface area (Å²) >= 11 is 0. The van der Waals surface area contributed by atoms with Gasteiger partial charge in [0.25, 0.3) is 5.91 Å². The number of carbonyl (C=O) groups is 4. The maximum absolute atomic E-state index is 14.3. The molecule has 0 radical (unpaired) electrons. The van der Waals surface area contributed by atoms with E-state index in [-0.39, 0.29) is 30.7 Å². The Labute approximate surface area is 236 Å². The van der Waals surface area contributed by atoms with Crippen molar-refractivity contribution in [3.8, 4) is 0 Å². The van der Waals surface area contributed by atoms with Gasteiger partial charge in [-0.1, -0.05) is 56.3 Å². The highest BCUT2D eigenvalue weighted by atomic mass is 16.6. The molecule has 2 aromatic rings. The first kappa shape index (κ1) is 30.7. The van der Waals surface area contributed by atoms with E-state index in [2.05, 4.69) is 10.6 Å². The number of alkyl carbamates (subject to hydrolysis) is 1. The van der Waals surface area contributed by atoms with Crippen molar-refractivity contribution in [2.24, 2.45) is 11.7 Å². The Balaban J connectivity index is 2.04. The van der Waals surface area contributed by atoms with Crippen LogP contribution in [-0.4, -0.2) is 46.4 Å². The topological polar surface area (TPSA) is 131 Å². The lowest BCUT2D eigenvalue weighted by molar-refractivity contribution is -0.142. The van der Waals surface area contributed by atoms with Gasteiger partial charge in [-0.2, -0.15) is 0 Å². The standard InChI is InChI=1S/C31H42N4O5/c1-7-21-12-14-22(15-13-21)27(28(37)33-23-11-9-8-10-19(23)2)35(25-18-20(25)3)29(38)24(16-17-26(32)36)34-30(39)40-31(4,5)6/h8-15,20,24-25,27H,7,16-18H2,1-6H3,(H2,32,36)(H,33,37)(H,34,39). The van der Waals surface area contributed by atoms with Crippen molar-refractivity contribution in [3.63, 3.8) is 0 Å². The fourth-order valence-electron chi connectivity index (χ4n) is 4.63. The molecule has 9 nitrogen and oxygen atoms in total. The van der Waals surface area contributed by atoms with E-state index in [1.165, 1.54) is 0 Å². The van der Waals surface area contributed by atoms with Crippen molar-refractivity contribution >= 4 is 29.5 Å². The third-order valence-electron chi connectivity index (χ3n) is 6.98. The van der Waals surface area contributed by atoms with Crippen LogP contribution in [0.25, 0.3) is 0 Å². The number of hydrogen-bond donors (Lipinski definition) is 3. The third-order valence-corrected chi connectivity index (χ3v) is 6.98. The molecule has 4 amide bonds. The van der Waals surface area contributed by atoms with Crippen LogP contribution in [-0.2, 0) is 25.5 Å². The summed E-state index contributed by atoms with van der Waals surface area (Å²) in [6.45, 7) is 11.1. The number of amides is 4. The molecule has 1 fully saturated rings. The second-order valence-electron chi connectivity index (χ2n) is 11.5. The minimum absolute atomic E-state index is 0.0219. The molecule has 3 rings (SSSR count). The maximum atomic E-state index is 14.3. The molecule has 0 aromatic heterocycles. The van der Waals surface area contributed by atoms with Crippen molar-refractivity contribution in [3.05, 3.63) is 65.2 Å². The van der Waals surface area contributed by atoms with Crippen molar-refractivity contribution < 1.29 is 23.9 Å². The van der Waals surface area contributed by atoms with Crippen LogP contribution < -0.4 is 16.4 Å². The number of anilines is 1. The van der Waals surface area contributed by atoms with E-state index in [9.17, 15) is 19.2 Å². The predicted molar refractivity (Wildman–Crippen MR) is 154 cm³/mol. The number of nitrogens with one attached hydrogen (secondary N) is 2. The molecule has 1 aliphatic carbocycles. The van der Waals surface area contributed by atoms with Crippen LogP contribution >= 0.6 is 0 Å². The number of benzene rings is 2. The van der Waals surface area contributed by atoms with Gasteiger partial charge in [-0.3, -0.25) is 14.4 Å². The van der Waals surface area contributed by atoms with Crippen LogP contribution in [0.1, 0.15) is 76.6 Å². The lowest BCUT2D eigenvalue weighted by Gasteiger charge is -2.35. The molecule has 2 aromatic carbocycles. The molecule has 4 N–H and O–H groups in total. The van der Waals surface area contributed by atoms with Gasteiger partial charge in [0.1, 0.15) is 17.7 Å². The average molecular weight is 551 g/mol. The first-order chi connectivity index (χ1) is 18.8. The highest BCUT2D eigenvalue weighted by Gasteiger charge is 2.48. The molecule has 0 heterocycles. The second-order valence-corrected chi connectivity index (χ2v) is 11.5. The SMILES string of the molecule is CCc1ccc(C(C(=O)Nc2ccccc2C)N(C(=O)C(CCC(N)=O)NC(=O)OC(C)(C)C)C2CC2C)cc1. The number of hydrogen-bond acceptors (Lipinski definition) is 5. The summed E-state index contributed by atoms with van der Waals surface area (Å²) in [5, 5.41) is 5.65. The third kappa shape index (κ3) is 8.31. The van der Waals surface area contributed by atoms with Gasteiger partial charge in [-0.15, -0.1) is 0 Å². The van der Waals surface area contributed by atoms with E-state index in [0.717, 1.165) is 17.5 Å². The largest absolute Gasteiger partial charge is 0.444 e. The molecule has 0 bridgehead atoms. The van der Waals surface area contributed by atoms with Gasteiger partial charge in [0.05, 0.1) is 0 Å². The maximum Gasteiger partial charge on any atom is 0.408 e. The van der Waals surface area contributed by atoms with Crippen LogP contribution in [0.5, 0.6) is 0 Å². The summed E-state index contributed by atoms with van der Waals surface area (Å²) in [7, 11) is 0. The summed E-state index contributed by atoms with van der Waals surface area (Å²) in [6, 6.07) is 12.8. The van der Waals surface area contributed by atoms with E-state index in [1.807, 2.05) is 69.3 Å². The molecular formula is C31H42N4O5. The molecule has 4 unspecified atom stereocenters. The van der Waals surface area contributed by atoms with Gasteiger partial charge < -0.3 is 26.0 Å². The number of para-hydroxylation sites is 1. The quantitative estimate of drug-likeness (QED) is 0.375. The summed E-state index contributed by atoms with van der Waals surface area (Å²) in [5.41, 5.74) is 7.90. The summed E-state index contributed by atoms with van der Waals surface area (Å²) in [5.74, 6) is -1.27. The Hall–Kier alpha value is -3.88. The lowest BCUT2D eigenvalue weighted by atomic mass is 9.99. The van der Waals surface area contributed by atoms with Gasteiger partial charge in [0.2, 0.25) is 11.8 Å². The first-order valence-corrected chi connectivity index (χ1v) is 13.9. The Morgan fingerprint density at radius 3 is 2.23 bits per heavy atom. The van der Waals surface area contributed by atoms with E-state index in [1.54, 1.807) is 25.7 Å².